The zero-order valence-electron chi connectivity index (χ0n) is 11.7. The zero-order chi connectivity index (χ0) is 15.8. The maximum Gasteiger partial charge on any atom is 0.318 e. The largest absolute Gasteiger partial charge is 0.426 e. The monoisotopic (exact) mass is 298 g/mol. The third-order valence-electron chi connectivity index (χ3n) is 2.63. The lowest BCUT2D eigenvalue weighted by Gasteiger charge is -2.04. The molecule has 2 aromatic carbocycles. The molecule has 5 heteroatoms. The Labute approximate surface area is 127 Å². The summed E-state index contributed by atoms with van der Waals surface area (Å²) in [6.07, 6.45) is -0.947. The number of hydrogen-bond donors (Lipinski definition) is 0. The first kappa shape index (κ1) is 15.4. The number of ether oxygens (including phenoxy) is 2. The molecule has 0 amide bonds. The minimum atomic E-state index is -0.705. The van der Waals surface area contributed by atoms with Crippen molar-refractivity contribution in [2.45, 2.75) is 12.8 Å². The molecule has 2 rings (SSSR count). The summed E-state index contributed by atoms with van der Waals surface area (Å²) in [5.74, 6) is -1.26. The van der Waals surface area contributed by atoms with Crippen LogP contribution < -0.4 is 9.47 Å². The van der Waals surface area contributed by atoms with E-state index in [0.717, 1.165) is 0 Å². The number of benzene rings is 2. The van der Waals surface area contributed by atoms with E-state index in [1.54, 1.807) is 60.7 Å². The number of Topliss-reactive ketones (excluding diaryl/α,β-unsaturated/α-hetero) is 1. The third-order valence-corrected chi connectivity index (χ3v) is 2.63. The molecule has 0 atom stereocenters. The first-order valence-electron chi connectivity index (χ1n) is 6.66. The number of ketones is 1. The van der Waals surface area contributed by atoms with E-state index in [4.69, 9.17) is 9.47 Å². The van der Waals surface area contributed by atoms with Crippen molar-refractivity contribution in [1.29, 1.82) is 0 Å². The van der Waals surface area contributed by atoms with Crippen LogP contribution in [0.1, 0.15) is 12.8 Å². The fourth-order valence-corrected chi connectivity index (χ4v) is 1.70. The smallest absolute Gasteiger partial charge is 0.318 e. The maximum absolute atomic E-state index is 11.6. The lowest BCUT2D eigenvalue weighted by Crippen LogP contribution is -2.19. The standard InChI is InChI=1S/C17H14O5/c18-13(11-16(19)21-14-7-3-1-4-8-14)12-17(20)22-15-9-5-2-6-10-15/h1-10H,11-12H2. The fraction of sp³-hybridized carbons (Fsp3) is 0.118. The van der Waals surface area contributed by atoms with E-state index in [-0.39, 0.29) is 0 Å². The van der Waals surface area contributed by atoms with Crippen molar-refractivity contribution in [3.8, 4) is 11.5 Å². The second-order valence-electron chi connectivity index (χ2n) is 4.47. The molecule has 0 radical (unpaired) electrons. The molecule has 0 N–H and O–H groups in total. The van der Waals surface area contributed by atoms with Crippen LogP contribution in [0.2, 0.25) is 0 Å². The molecular weight excluding hydrogens is 284 g/mol. The fourth-order valence-electron chi connectivity index (χ4n) is 1.70. The molecule has 112 valence electrons. The predicted octanol–water partition coefficient (Wildman–Crippen LogP) is 2.55. The second-order valence-corrected chi connectivity index (χ2v) is 4.47. The quantitative estimate of drug-likeness (QED) is 0.465. The first-order valence-corrected chi connectivity index (χ1v) is 6.66. The van der Waals surface area contributed by atoms with Gasteiger partial charge in [0.05, 0.1) is 0 Å². The summed E-state index contributed by atoms with van der Waals surface area (Å²) >= 11 is 0. The van der Waals surface area contributed by atoms with Crippen LogP contribution in [-0.4, -0.2) is 17.7 Å². The number of hydrogen-bond acceptors (Lipinski definition) is 5. The van der Waals surface area contributed by atoms with Crippen LogP contribution in [0.15, 0.2) is 60.7 Å². The highest BCUT2D eigenvalue weighted by atomic mass is 16.5. The Kier molecular flexibility index (Phi) is 5.43. The Balaban J connectivity index is 1.77. The molecule has 0 unspecified atom stereocenters. The van der Waals surface area contributed by atoms with Gasteiger partial charge in [-0.3, -0.25) is 14.4 Å². The van der Waals surface area contributed by atoms with Gasteiger partial charge in [-0.15, -0.1) is 0 Å². The second kappa shape index (κ2) is 7.73. The molecule has 2 aromatic rings. The van der Waals surface area contributed by atoms with Gasteiger partial charge in [0.1, 0.15) is 24.3 Å². The highest BCUT2D eigenvalue weighted by Crippen LogP contribution is 2.11. The lowest BCUT2D eigenvalue weighted by atomic mass is 10.2. The van der Waals surface area contributed by atoms with Crippen molar-refractivity contribution in [2.75, 3.05) is 0 Å². The zero-order valence-corrected chi connectivity index (χ0v) is 11.7. The minimum Gasteiger partial charge on any atom is -0.426 e. The summed E-state index contributed by atoms with van der Waals surface area (Å²) in [5.41, 5.74) is 0. The topological polar surface area (TPSA) is 69.7 Å². The van der Waals surface area contributed by atoms with Gasteiger partial charge in [-0.1, -0.05) is 36.4 Å². The van der Waals surface area contributed by atoms with Crippen LogP contribution in [0.5, 0.6) is 11.5 Å². The molecular formula is C17H14O5. The number of carbonyl (C=O) groups is 3. The average molecular weight is 298 g/mol. The maximum atomic E-state index is 11.6. The Bertz CT molecular complexity index is 592. The van der Waals surface area contributed by atoms with Crippen LogP contribution in [0.3, 0.4) is 0 Å². The van der Waals surface area contributed by atoms with Crippen LogP contribution in [0.4, 0.5) is 0 Å². The number of para-hydroxylation sites is 2. The van der Waals surface area contributed by atoms with E-state index in [1.165, 1.54) is 0 Å². The number of rotatable bonds is 6. The predicted molar refractivity (Wildman–Crippen MR) is 78.4 cm³/mol. The van der Waals surface area contributed by atoms with Crippen LogP contribution in [0, 0.1) is 0 Å². The van der Waals surface area contributed by atoms with Gasteiger partial charge in [-0.2, -0.15) is 0 Å². The van der Waals surface area contributed by atoms with E-state index in [9.17, 15) is 14.4 Å². The summed E-state index contributed by atoms with van der Waals surface area (Å²) in [4.78, 5) is 34.8. The van der Waals surface area contributed by atoms with E-state index < -0.39 is 30.6 Å². The van der Waals surface area contributed by atoms with Crippen molar-refractivity contribution in [3.05, 3.63) is 60.7 Å². The SMILES string of the molecule is O=C(CC(=O)Oc1ccccc1)CC(=O)Oc1ccccc1. The average Bonchev–Trinajstić information content (AvgIpc) is 2.48. The van der Waals surface area contributed by atoms with Crippen molar-refractivity contribution >= 4 is 17.7 Å². The Hall–Kier alpha value is -2.95. The molecule has 0 bridgehead atoms. The molecule has 0 aliphatic heterocycles. The molecule has 0 aromatic heterocycles. The molecule has 0 aliphatic carbocycles. The van der Waals surface area contributed by atoms with Crippen molar-refractivity contribution in [3.63, 3.8) is 0 Å². The molecule has 0 saturated heterocycles. The van der Waals surface area contributed by atoms with Gasteiger partial charge in [-0.05, 0) is 24.3 Å². The highest BCUT2D eigenvalue weighted by molar-refractivity contribution is 6.04. The van der Waals surface area contributed by atoms with E-state index >= 15 is 0 Å². The van der Waals surface area contributed by atoms with Crippen LogP contribution in [0.25, 0.3) is 0 Å². The Morgan fingerprint density at radius 3 is 1.36 bits per heavy atom. The van der Waals surface area contributed by atoms with Gasteiger partial charge in [0.25, 0.3) is 0 Å². The summed E-state index contributed by atoms with van der Waals surface area (Å²) in [6.45, 7) is 0. The van der Waals surface area contributed by atoms with Gasteiger partial charge in [0, 0.05) is 0 Å². The summed E-state index contributed by atoms with van der Waals surface area (Å²) < 4.78 is 9.95. The Morgan fingerprint density at radius 2 is 1.00 bits per heavy atom. The van der Waals surface area contributed by atoms with Gasteiger partial charge in [-0.25, -0.2) is 0 Å². The molecule has 22 heavy (non-hydrogen) atoms. The minimum absolute atomic E-state index is 0.354. The molecule has 5 nitrogen and oxygen atoms in total. The number of carbonyl (C=O) groups excluding carboxylic acids is 3. The lowest BCUT2D eigenvalue weighted by molar-refractivity contribution is -0.141. The van der Waals surface area contributed by atoms with E-state index in [2.05, 4.69) is 0 Å². The third kappa shape index (κ3) is 5.20. The highest BCUT2D eigenvalue weighted by Gasteiger charge is 2.16. The molecule has 0 saturated carbocycles. The molecule has 0 aliphatic rings. The van der Waals surface area contributed by atoms with Gasteiger partial charge in [0.2, 0.25) is 0 Å². The van der Waals surface area contributed by atoms with E-state index in [1.807, 2.05) is 0 Å². The first-order chi connectivity index (χ1) is 10.6. The summed E-state index contributed by atoms with van der Waals surface area (Å²) in [6, 6.07) is 16.8. The summed E-state index contributed by atoms with van der Waals surface area (Å²) in [7, 11) is 0. The van der Waals surface area contributed by atoms with E-state index in [0.29, 0.717) is 11.5 Å². The van der Waals surface area contributed by atoms with Crippen LogP contribution in [-0.2, 0) is 14.4 Å². The van der Waals surface area contributed by atoms with Gasteiger partial charge >= 0.3 is 11.9 Å². The van der Waals surface area contributed by atoms with Crippen molar-refractivity contribution < 1.29 is 23.9 Å². The van der Waals surface area contributed by atoms with Gasteiger partial charge < -0.3 is 9.47 Å². The van der Waals surface area contributed by atoms with Crippen molar-refractivity contribution in [1.82, 2.24) is 0 Å². The molecule has 0 fully saturated rings. The normalized spacial score (nSPS) is 9.82. The van der Waals surface area contributed by atoms with Crippen molar-refractivity contribution in [2.24, 2.45) is 0 Å². The van der Waals surface area contributed by atoms with Crippen LogP contribution >= 0.6 is 0 Å². The number of esters is 2. The molecule has 0 spiro atoms. The Morgan fingerprint density at radius 1 is 0.636 bits per heavy atom. The molecule has 0 heterocycles. The van der Waals surface area contributed by atoms with Gasteiger partial charge in [0.15, 0.2) is 5.78 Å². The summed E-state index contributed by atoms with van der Waals surface area (Å²) in [5, 5.41) is 0.